The van der Waals surface area contributed by atoms with E-state index in [-0.39, 0.29) is 11.3 Å². The number of nitrogens with one attached hydrogen (secondary N) is 1. The summed E-state index contributed by atoms with van der Waals surface area (Å²) in [6.07, 6.45) is 0.872. The molecule has 0 saturated heterocycles. The molecule has 0 radical (unpaired) electrons. The third kappa shape index (κ3) is 5.84. The van der Waals surface area contributed by atoms with E-state index < -0.39 is 5.91 Å². The summed E-state index contributed by atoms with van der Waals surface area (Å²) in [4.78, 5) is 23.7. The van der Waals surface area contributed by atoms with E-state index in [0.717, 1.165) is 11.3 Å². The summed E-state index contributed by atoms with van der Waals surface area (Å²) < 4.78 is 5.70. The lowest BCUT2D eigenvalue weighted by atomic mass is 9.87. The summed E-state index contributed by atoms with van der Waals surface area (Å²) in [7, 11) is 0. The lowest BCUT2D eigenvalue weighted by Crippen LogP contribution is -2.19. The molecule has 2 rings (SSSR count). The standard InChI is InChI=1S/C22H28N2O3/c1-15-7-5-8-18(20(15)21(23)26)24-19(25)9-6-14-27-17-12-10-16(11-13-17)22(2,3)4/h5,7-8,10-13H,6,9,14H2,1-4H3,(H2,23,26)(H,24,25). The average Bonchev–Trinajstić information content (AvgIpc) is 2.58. The lowest BCUT2D eigenvalue weighted by molar-refractivity contribution is -0.116. The number of ether oxygens (including phenoxy) is 1. The van der Waals surface area contributed by atoms with Crippen LogP contribution in [0.1, 0.15) is 55.1 Å². The second-order valence-electron chi connectivity index (χ2n) is 7.64. The SMILES string of the molecule is Cc1cccc(NC(=O)CCCOc2ccc(C(C)(C)C)cc2)c1C(N)=O. The molecule has 2 amide bonds. The Hall–Kier alpha value is -2.82. The molecule has 0 bridgehead atoms. The van der Waals surface area contributed by atoms with Gasteiger partial charge in [0.05, 0.1) is 17.9 Å². The Morgan fingerprint density at radius 2 is 1.74 bits per heavy atom. The molecule has 2 aromatic carbocycles. The highest BCUT2D eigenvalue weighted by Gasteiger charge is 2.14. The van der Waals surface area contributed by atoms with Gasteiger partial charge in [-0.3, -0.25) is 9.59 Å². The van der Waals surface area contributed by atoms with E-state index in [0.29, 0.717) is 30.7 Å². The fourth-order valence-electron chi connectivity index (χ4n) is 2.79. The van der Waals surface area contributed by atoms with Crippen LogP contribution in [0.3, 0.4) is 0 Å². The number of aryl methyl sites for hydroxylation is 1. The van der Waals surface area contributed by atoms with Gasteiger partial charge in [0.15, 0.2) is 0 Å². The minimum atomic E-state index is -0.551. The molecule has 0 aliphatic rings. The number of hydrogen-bond acceptors (Lipinski definition) is 3. The van der Waals surface area contributed by atoms with E-state index in [1.54, 1.807) is 25.1 Å². The number of hydrogen-bond donors (Lipinski definition) is 2. The van der Waals surface area contributed by atoms with Gasteiger partial charge in [0.1, 0.15) is 5.75 Å². The van der Waals surface area contributed by atoms with Gasteiger partial charge >= 0.3 is 0 Å². The average molecular weight is 368 g/mol. The van der Waals surface area contributed by atoms with Gasteiger partial charge in [-0.2, -0.15) is 0 Å². The van der Waals surface area contributed by atoms with Crippen LogP contribution in [-0.2, 0) is 10.2 Å². The van der Waals surface area contributed by atoms with Crippen molar-refractivity contribution in [2.24, 2.45) is 5.73 Å². The number of nitrogens with two attached hydrogens (primary N) is 1. The Bertz CT molecular complexity index is 805. The maximum Gasteiger partial charge on any atom is 0.251 e. The number of amides is 2. The van der Waals surface area contributed by atoms with E-state index >= 15 is 0 Å². The molecule has 0 unspecified atom stereocenters. The topological polar surface area (TPSA) is 81.4 Å². The van der Waals surface area contributed by atoms with Crippen molar-refractivity contribution in [2.75, 3.05) is 11.9 Å². The fourth-order valence-corrected chi connectivity index (χ4v) is 2.79. The quantitative estimate of drug-likeness (QED) is 0.719. The van der Waals surface area contributed by atoms with Crippen LogP contribution in [0.25, 0.3) is 0 Å². The highest BCUT2D eigenvalue weighted by atomic mass is 16.5. The van der Waals surface area contributed by atoms with Gasteiger partial charge in [0.25, 0.3) is 5.91 Å². The van der Waals surface area contributed by atoms with Gasteiger partial charge in [0, 0.05) is 6.42 Å². The van der Waals surface area contributed by atoms with Crippen molar-refractivity contribution < 1.29 is 14.3 Å². The monoisotopic (exact) mass is 368 g/mol. The molecule has 0 aromatic heterocycles. The Labute approximate surface area is 160 Å². The largest absolute Gasteiger partial charge is 0.494 e. The van der Waals surface area contributed by atoms with Gasteiger partial charge in [0.2, 0.25) is 5.91 Å². The first kappa shape index (κ1) is 20.5. The van der Waals surface area contributed by atoms with Crippen LogP contribution < -0.4 is 15.8 Å². The van der Waals surface area contributed by atoms with Crippen LogP contribution in [0, 0.1) is 6.92 Å². The van der Waals surface area contributed by atoms with E-state index in [1.807, 2.05) is 12.1 Å². The molecule has 0 atom stereocenters. The molecule has 3 N–H and O–H groups in total. The van der Waals surface area contributed by atoms with Gasteiger partial charge in [-0.1, -0.05) is 45.0 Å². The summed E-state index contributed by atoms with van der Waals surface area (Å²) in [5.41, 5.74) is 8.30. The first-order valence-electron chi connectivity index (χ1n) is 9.11. The zero-order valence-electron chi connectivity index (χ0n) is 16.5. The summed E-state index contributed by atoms with van der Waals surface area (Å²) in [6.45, 7) is 8.73. The minimum Gasteiger partial charge on any atom is -0.494 e. The molecular weight excluding hydrogens is 340 g/mol. The molecular formula is C22H28N2O3. The number of benzene rings is 2. The summed E-state index contributed by atoms with van der Waals surface area (Å²) >= 11 is 0. The molecule has 144 valence electrons. The number of anilines is 1. The lowest BCUT2D eigenvalue weighted by Gasteiger charge is -2.19. The zero-order chi connectivity index (χ0) is 20.0. The van der Waals surface area contributed by atoms with Crippen LogP contribution in [-0.4, -0.2) is 18.4 Å². The van der Waals surface area contributed by atoms with Gasteiger partial charge in [-0.05, 0) is 48.1 Å². The van der Waals surface area contributed by atoms with Crippen molar-refractivity contribution in [3.8, 4) is 5.75 Å². The second-order valence-corrected chi connectivity index (χ2v) is 7.64. The van der Waals surface area contributed by atoms with Gasteiger partial charge < -0.3 is 15.8 Å². The van der Waals surface area contributed by atoms with E-state index in [9.17, 15) is 9.59 Å². The molecule has 5 nitrogen and oxygen atoms in total. The molecule has 0 saturated carbocycles. The van der Waals surface area contributed by atoms with Crippen LogP contribution in [0.15, 0.2) is 42.5 Å². The van der Waals surface area contributed by atoms with Gasteiger partial charge in [-0.15, -0.1) is 0 Å². The maximum atomic E-state index is 12.1. The van der Waals surface area contributed by atoms with Crippen molar-refractivity contribution in [3.05, 3.63) is 59.2 Å². The van der Waals surface area contributed by atoms with Crippen LogP contribution in [0.4, 0.5) is 5.69 Å². The summed E-state index contributed by atoms with van der Waals surface area (Å²) in [5.74, 6) is 0.0679. The second kappa shape index (κ2) is 8.71. The number of primary amides is 1. The minimum absolute atomic E-state index is 0.107. The third-order valence-corrected chi connectivity index (χ3v) is 4.33. The molecule has 0 aliphatic heterocycles. The number of rotatable bonds is 7. The smallest absolute Gasteiger partial charge is 0.251 e. The molecule has 2 aromatic rings. The van der Waals surface area contributed by atoms with Crippen molar-refractivity contribution in [3.63, 3.8) is 0 Å². The van der Waals surface area contributed by atoms with Crippen molar-refractivity contribution >= 4 is 17.5 Å². The predicted octanol–water partition coefficient (Wildman–Crippen LogP) is 4.19. The number of carbonyl (C=O) groups excluding carboxylic acids is 2. The van der Waals surface area contributed by atoms with Crippen LogP contribution in [0.2, 0.25) is 0 Å². The predicted molar refractivity (Wildman–Crippen MR) is 108 cm³/mol. The molecule has 0 spiro atoms. The van der Waals surface area contributed by atoms with Gasteiger partial charge in [-0.25, -0.2) is 0 Å². The van der Waals surface area contributed by atoms with E-state index in [1.165, 1.54) is 5.56 Å². The van der Waals surface area contributed by atoms with Crippen molar-refractivity contribution in [1.82, 2.24) is 0 Å². The Morgan fingerprint density at radius 3 is 2.33 bits per heavy atom. The third-order valence-electron chi connectivity index (χ3n) is 4.33. The van der Waals surface area contributed by atoms with Crippen molar-refractivity contribution in [2.45, 2.75) is 46.0 Å². The fraction of sp³-hybridized carbons (Fsp3) is 0.364. The number of carbonyl (C=O) groups is 2. The Balaban J connectivity index is 1.82. The normalized spacial score (nSPS) is 11.1. The van der Waals surface area contributed by atoms with E-state index in [4.69, 9.17) is 10.5 Å². The van der Waals surface area contributed by atoms with Crippen LogP contribution >= 0.6 is 0 Å². The molecule has 5 heteroatoms. The van der Waals surface area contributed by atoms with Crippen LogP contribution in [0.5, 0.6) is 5.75 Å². The highest BCUT2D eigenvalue weighted by molar-refractivity contribution is 6.04. The molecule has 0 aliphatic carbocycles. The van der Waals surface area contributed by atoms with E-state index in [2.05, 4.69) is 38.2 Å². The molecule has 0 fully saturated rings. The summed E-state index contributed by atoms with van der Waals surface area (Å²) in [5, 5.41) is 2.76. The first-order valence-corrected chi connectivity index (χ1v) is 9.11. The molecule has 0 heterocycles. The highest BCUT2D eigenvalue weighted by Crippen LogP contribution is 2.24. The first-order chi connectivity index (χ1) is 12.7. The Morgan fingerprint density at radius 1 is 1.07 bits per heavy atom. The Kier molecular flexibility index (Phi) is 6.61. The van der Waals surface area contributed by atoms with Crippen molar-refractivity contribution in [1.29, 1.82) is 0 Å². The maximum absolute atomic E-state index is 12.1. The summed E-state index contributed by atoms with van der Waals surface area (Å²) in [6, 6.07) is 13.3. The molecule has 27 heavy (non-hydrogen) atoms. The zero-order valence-corrected chi connectivity index (χ0v) is 16.5.